The summed E-state index contributed by atoms with van der Waals surface area (Å²) < 4.78 is 2.17. The lowest BCUT2D eigenvalue weighted by Crippen LogP contribution is -2.49. The molecule has 6 nitrogen and oxygen atoms in total. The highest BCUT2D eigenvalue weighted by atomic mass is 32.2. The molecule has 0 radical (unpaired) electrons. The van der Waals surface area contributed by atoms with E-state index in [2.05, 4.69) is 57.4 Å². The average molecular weight is 549 g/mol. The van der Waals surface area contributed by atoms with Crippen molar-refractivity contribution in [3.05, 3.63) is 109 Å². The Bertz CT molecular complexity index is 1640. The van der Waals surface area contributed by atoms with Crippen LogP contribution in [0.25, 0.3) is 21.7 Å². The van der Waals surface area contributed by atoms with Crippen LogP contribution in [-0.2, 0) is 11.3 Å². The normalized spacial score (nSPS) is 13.6. The van der Waals surface area contributed by atoms with Crippen LogP contribution in [0.1, 0.15) is 10.4 Å². The van der Waals surface area contributed by atoms with Gasteiger partial charge < -0.3 is 19.7 Å². The molecule has 1 saturated heterocycles. The number of benzene rings is 4. The minimum atomic E-state index is -0.0743. The second-order valence-electron chi connectivity index (χ2n) is 10.0. The van der Waals surface area contributed by atoms with E-state index < -0.39 is 0 Å². The summed E-state index contributed by atoms with van der Waals surface area (Å²) in [4.78, 5) is 31.3. The maximum Gasteiger partial charge on any atom is 0.251 e. The predicted molar refractivity (Wildman–Crippen MR) is 164 cm³/mol. The van der Waals surface area contributed by atoms with Crippen molar-refractivity contribution in [1.82, 2.24) is 14.8 Å². The van der Waals surface area contributed by atoms with Crippen LogP contribution < -0.4 is 10.2 Å². The van der Waals surface area contributed by atoms with Crippen LogP contribution >= 0.6 is 11.8 Å². The summed E-state index contributed by atoms with van der Waals surface area (Å²) in [5, 5.41) is 6.38. The van der Waals surface area contributed by atoms with Crippen molar-refractivity contribution in [3.63, 3.8) is 0 Å². The number of aromatic nitrogens is 1. The van der Waals surface area contributed by atoms with E-state index in [0.717, 1.165) is 52.7 Å². The molecule has 1 N–H and O–H groups in total. The number of rotatable bonds is 8. The quantitative estimate of drug-likeness (QED) is 0.254. The van der Waals surface area contributed by atoms with Crippen LogP contribution in [0.4, 0.5) is 5.69 Å². The van der Waals surface area contributed by atoms with E-state index in [4.69, 9.17) is 0 Å². The van der Waals surface area contributed by atoms with E-state index in [1.54, 1.807) is 11.8 Å². The molecular weight excluding hydrogens is 516 g/mol. The molecule has 0 unspecified atom stereocenters. The van der Waals surface area contributed by atoms with E-state index in [1.165, 1.54) is 5.69 Å². The van der Waals surface area contributed by atoms with Gasteiger partial charge in [0.05, 0.1) is 5.75 Å². The fourth-order valence-electron chi connectivity index (χ4n) is 5.32. The molecule has 202 valence electrons. The Hall–Kier alpha value is -4.23. The molecule has 2 amide bonds. The van der Waals surface area contributed by atoms with E-state index >= 15 is 0 Å². The number of hydrogen-bond donors (Lipinski definition) is 1. The Labute approximate surface area is 238 Å². The van der Waals surface area contributed by atoms with Gasteiger partial charge in [0.2, 0.25) is 5.91 Å². The first-order chi connectivity index (χ1) is 19.7. The SMILES string of the molecule is O=C(NCCn1cc(SCC(=O)N2CCN(c3ccccc3)CC2)c2ccccc21)c1ccc2ccccc2c1. The molecule has 1 fully saturated rings. The van der Waals surface area contributed by atoms with Gasteiger partial charge in [-0.05, 0) is 41.1 Å². The molecule has 0 spiro atoms. The second kappa shape index (κ2) is 11.9. The highest BCUT2D eigenvalue weighted by molar-refractivity contribution is 8.00. The van der Waals surface area contributed by atoms with Crippen molar-refractivity contribution in [1.29, 1.82) is 0 Å². The number of fused-ring (bicyclic) bond motifs is 2. The van der Waals surface area contributed by atoms with Gasteiger partial charge in [-0.3, -0.25) is 9.59 Å². The molecule has 0 atom stereocenters. The van der Waals surface area contributed by atoms with Crippen LogP contribution in [0.3, 0.4) is 0 Å². The van der Waals surface area contributed by atoms with Gasteiger partial charge in [0.15, 0.2) is 0 Å². The monoisotopic (exact) mass is 548 g/mol. The molecule has 0 aliphatic carbocycles. The first-order valence-corrected chi connectivity index (χ1v) is 14.7. The number of thioether (sulfide) groups is 1. The molecule has 40 heavy (non-hydrogen) atoms. The zero-order valence-corrected chi connectivity index (χ0v) is 23.1. The number of carbonyl (C=O) groups is 2. The summed E-state index contributed by atoms with van der Waals surface area (Å²) in [6.45, 7) is 4.35. The van der Waals surface area contributed by atoms with Crippen LogP contribution in [-0.4, -0.2) is 59.8 Å². The zero-order chi connectivity index (χ0) is 27.3. The summed E-state index contributed by atoms with van der Waals surface area (Å²) in [5.41, 5.74) is 2.98. The van der Waals surface area contributed by atoms with E-state index in [0.29, 0.717) is 24.4 Å². The van der Waals surface area contributed by atoms with Crippen molar-refractivity contribution in [2.45, 2.75) is 11.4 Å². The zero-order valence-electron chi connectivity index (χ0n) is 22.3. The lowest BCUT2D eigenvalue weighted by atomic mass is 10.1. The predicted octanol–water partition coefficient (Wildman–Crippen LogP) is 5.67. The Morgan fingerprint density at radius 2 is 1.50 bits per heavy atom. The summed E-state index contributed by atoms with van der Waals surface area (Å²) >= 11 is 1.59. The van der Waals surface area contributed by atoms with Gasteiger partial charge in [0, 0.05) is 72.5 Å². The number of anilines is 1. The number of piperazine rings is 1. The van der Waals surface area contributed by atoms with Gasteiger partial charge in [-0.15, -0.1) is 11.8 Å². The second-order valence-corrected chi connectivity index (χ2v) is 11.0. The molecule has 2 heterocycles. The number of nitrogens with zero attached hydrogens (tertiary/aromatic N) is 3. The summed E-state index contributed by atoms with van der Waals surface area (Å²) in [6, 6.07) is 32.5. The van der Waals surface area contributed by atoms with Crippen LogP contribution in [0, 0.1) is 0 Å². The Balaban J connectivity index is 1.05. The van der Waals surface area contributed by atoms with Crippen molar-refractivity contribution >= 4 is 50.9 Å². The maximum absolute atomic E-state index is 13.1. The third-order valence-corrected chi connectivity index (χ3v) is 8.53. The van der Waals surface area contributed by atoms with Crippen LogP contribution in [0.2, 0.25) is 0 Å². The molecule has 1 aliphatic heterocycles. The Morgan fingerprint density at radius 3 is 2.33 bits per heavy atom. The lowest BCUT2D eigenvalue weighted by molar-refractivity contribution is -0.128. The number of nitrogens with one attached hydrogen (secondary N) is 1. The van der Waals surface area contributed by atoms with Crippen molar-refractivity contribution < 1.29 is 9.59 Å². The third kappa shape index (κ3) is 5.70. The van der Waals surface area contributed by atoms with E-state index in [9.17, 15) is 9.59 Å². The van der Waals surface area contributed by atoms with Gasteiger partial charge in [0.1, 0.15) is 0 Å². The third-order valence-electron chi connectivity index (χ3n) is 7.51. The molecular formula is C33H32N4O2S. The highest BCUT2D eigenvalue weighted by Gasteiger charge is 2.22. The summed E-state index contributed by atoms with van der Waals surface area (Å²) in [7, 11) is 0. The summed E-state index contributed by atoms with van der Waals surface area (Å²) in [6.07, 6.45) is 2.11. The molecule has 4 aromatic carbocycles. The first kappa shape index (κ1) is 26.0. The van der Waals surface area contributed by atoms with Gasteiger partial charge in [-0.1, -0.05) is 66.7 Å². The number of para-hydroxylation sites is 2. The molecule has 6 rings (SSSR count). The molecule has 0 saturated carbocycles. The Kier molecular flexibility index (Phi) is 7.73. The number of amides is 2. The fraction of sp³-hybridized carbons (Fsp3) is 0.212. The van der Waals surface area contributed by atoms with Crippen molar-refractivity contribution in [3.8, 4) is 0 Å². The van der Waals surface area contributed by atoms with Crippen molar-refractivity contribution in [2.24, 2.45) is 0 Å². The average Bonchev–Trinajstić information content (AvgIpc) is 3.37. The molecule has 1 aromatic heterocycles. The van der Waals surface area contributed by atoms with E-state index in [-0.39, 0.29) is 11.8 Å². The first-order valence-electron chi connectivity index (χ1n) is 13.7. The molecule has 7 heteroatoms. The maximum atomic E-state index is 13.1. The van der Waals surface area contributed by atoms with Crippen LogP contribution in [0.15, 0.2) is 108 Å². The largest absolute Gasteiger partial charge is 0.368 e. The highest BCUT2D eigenvalue weighted by Crippen LogP contribution is 2.30. The fourth-order valence-corrected chi connectivity index (χ4v) is 6.31. The Morgan fingerprint density at radius 1 is 0.775 bits per heavy atom. The van der Waals surface area contributed by atoms with Gasteiger partial charge in [-0.2, -0.15) is 0 Å². The number of carbonyl (C=O) groups excluding carboxylic acids is 2. The number of hydrogen-bond acceptors (Lipinski definition) is 4. The van der Waals surface area contributed by atoms with Crippen LogP contribution in [0.5, 0.6) is 0 Å². The van der Waals surface area contributed by atoms with Gasteiger partial charge >= 0.3 is 0 Å². The summed E-state index contributed by atoms with van der Waals surface area (Å²) in [5.74, 6) is 0.518. The molecule has 0 bridgehead atoms. The van der Waals surface area contributed by atoms with E-state index in [1.807, 2.05) is 65.6 Å². The molecule has 1 aliphatic rings. The minimum absolute atomic E-state index is 0.0743. The smallest absolute Gasteiger partial charge is 0.251 e. The van der Waals surface area contributed by atoms with Crippen molar-refractivity contribution in [2.75, 3.05) is 43.4 Å². The van der Waals surface area contributed by atoms with Gasteiger partial charge in [0.25, 0.3) is 5.91 Å². The topological polar surface area (TPSA) is 57.6 Å². The minimum Gasteiger partial charge on any atom is -0.368 e. The molecule has 5 aromatic rings. The lowest BCUT2D eigenvalue weighted by Gasteiger charge is -2.36. The van der Waals surface area contributed by atoms with Gasteiger partial charge in [-0.25, -0.2) is 0 Å². The standard InChI is InChI=1S/C33H32N4O2S/c38-32(36-20-18-35(19-21-36)28-10-2-1-3-11-28)24-40-31-23-37(30-13-7-6-12-29(30)31)17-16-34-33(39)27-15-14-25-8-4-5-9-26(25)22-27/h1-15,22-23H,16-21,24H2,(H,34,39).